The zero-order valence-corrected chi connectivity index (χ0v) is 10.9. The summed E-state index contributed by atoms with van der Waals surface area (Å²) < 4.78 is 31.0. The molecule has 0 aliphatic rings. The fourth-order valence-electron chi connectivity index (χ4n) is 1.35. The van der Waals surface area contributed by atoms with Crippen molar-refractivity contribution in [1.29, 1.82) is 0 Å². The molecule has 18 heavy (non-hydrogen) atoms. The third kappa shape index (κ3) is 2.50. The first kappa shape index (κ1) is 12.9. The summed E-state index contributed by atoms with van der Waals surface area (Å²) in [5.41, 5.74) is -0.402. The summed E-state index contributed by atoms with van der Waals surface area (Å²) in [5, 5.41) is 8.75. The number of hydrogen-bond acceptors (Lipinski definition) is 3. The van der Waals surface area contributed by atoms with Gasteiger partial charge < -0.3 is 9.52 Å². The van der Waals surface area contributed by atoms with Crippen LogP contribution in [0.1, 0.15) is 22.7 Å². The normalized spacial score (nSPS) is 10.9. The molecule has 0 fully saturated rings. The van der Waals surface area contributed by atoms with Crippen LogP contribution in [0.4, 0.5) is 8.78 Å². The van der Waals surface area contributed by atoms with E-state index >= 15 is 0 Å². The standard InChI is InChI=1S/C11H6F2INO3/c12-9(13)7-8(11(16)17)18-10(15-7)5-1-3-6(14)4-2-5/h1-4,9H,(H,16,17). The number of carbonyl (C=O) groups is 1. The lowest BCUT2D eigenvalue weighted by molar-refractivity contribution is 0.0647. The van der Waals surface area contributed by atoms with Crippen molar-refractivity contribution >= 4 is 28.6 Å². The van der Waals surface area contributed by atoms with Crippen molar-refractivity contribution in [1.82, 2.24) is 4.98 Å². The molecule has 7 heteroatoms. The van der Waals surface area contributed by atoms with E-state index in [1.807, 2.05) is 0 Å². The number of oxazole rings is 1. The largest absolute Gasteiger partial charge is 0.475 e. The van der Waals surface area contributed by atoms with E-state index in [0.29, 0.717) is 5.56 Å². The Labute approximate surface area is 114 Å². The van der Waals surface area contributed by atoms with Gasteiger partial charge in [0.25, 0.3) is 6.43 Å². The van der Waals surface area contributed by atoms with Gasteiger partial charge in [-0.2, -0.15) is 0 Å². The minimum Gasteiger partial charge on any atom is -0.475 e. The lowest BCUT2D eigenvalue weighted by Gasteiger charge is -1.94. The Hall–Kier alpha value is -1.51. The van der Waals surface area contributed by atoms with Gasteiger partial charge in [-0.25, -0.2) is 18.6 Å². The van der Waals surface area contributed by atoms with E-state index in [-0.39, 0.29) is 5.89 Å². The highest BCUT2D eigenvalue weighted by Gasteiger charge is 2.26. The highest BCUT2D eigenvalue weighted by molar-refractivity contribution is 14.1. The highest BCUT2D eigenvalue weighted by atomic mass is 127. The van der Waals surface area contributed by atoms with E-state index in [1.165, 1.54) is 0 Å². The van der Waals surface area contributed by atoms with Crippen LogP contribution in [-0.4, -0.2) is 16.1 Å². The zero-order valence-electron chi connectivity index (χ0n) is 8.73. The summed E-state index contributed by atoms with van der Waals surface area (Å²) in [4.78, 5) is 14.3. The number of benzene rings is 1. The molecule has 0 atom stereocenters. The second-order valence-corrected chi connectivity index (χ2v) is 4.59. The first-order valence-electron chi connectivity index (χ1n) is 4.77. The van der Waals surface area contributed by atoms with Crippen molar-refractivity contribution in [2.24, 2.45) is 0 Å². The monoisotopic (exact) mass is 365 g/mol. The molecular formula is C11H6F2INO3. The van der Waals surface area contributed by atoms with Crippen molar-refractivity contribution in [2.75, 3.05) is 0 Å². The molecule has 2 aromatic rings. The Bertz CT molecular complexity index is 580. The molecule has 1 heterocycles. The average Bonchev–Trinajstić information content (AvgIpc) is 2.75. The van der Waals surface area contributed by atoms with E-state index in [1.54, 1.807) is 24.3 Å². The molecule has 1 aromatic heterocycles. The van der Waals surface area contributed by atoms with Gasteiger partial charge in [0, 0.05) is 9.13 Å². The van der Waals surface area contributed by atoms with Crippen LogP contribution < -0.4 is 0 Å². The summed E-state index contributed by atoms with van der Waals surface area (Å²) in [5.74, 6) is -2.51. The molecule has 2 rings (SSSR count). The smallest absolute Gasteiger partial charge is 0.374 e. The molecule has 0 spiro atoms. The van der Waals surface area contributed by atoms with E-state index in [9.17, 15) is 13.6 Å². The molecule has 1 aromatic carbocycles. The Morgan fingerprint density at radius 3 is 2.39 bits per heavy atom. The molecule has 0 saturated heterocycles. The van der Waals surface area contributed by atoms with Crippen molar-refractivity contribution in [3.8, 4) is 11.5 Å². The fourth-order valence-corrected chi connectivity index (χ4v) is 1.71. The van der Waals surface area contributed by atoms with Crippen molar-refractivity contribution in [2.45, 2.75) is 6.43 Å². The molecule has 4 nitrogen and oxygen atoms in total. The second-order valence-electron chi connectivity index (χ2n) is 3.35. The summed E-state index contributed by atoms with van der Waals surface area (Å²) in [6.45, 7) is 0. The molecule has 1 N–H and O–H groups in total. The van der Waals surface area contributed by atoms with E-state index in [4.69, 9.17) is 9.52 Å². The first-order valence-corrected chi connectivity index (χ1v) is 5.85. The SMILES string of the molecule is O=C(O)c1oc(-c2ccc(I)cc2)nc1C(F)F. The van der Waals surface area contributed by atoms with Gasteiger partial charge in [0.2, 0.25) is 11.7 Å². The molecule has 0 saturated carbocycles. The third-order valence-corrected chi connectivity index (χ3v) is 2.86. The van der Waals surface area contributed by atoms with Gasteiger partial charge in [0.15, 0.2) is 5.69 Å². The predicted octanol–water partition coefficient (Wildman–Crippen LogP) is 3.58. The van der Waals surface area contributed by atoms with Crippen LogP contribution in [-0.2, 0) is 0 Å². The number of nitrogens with zero attached hydrogens (tertiary/aromatic N) is 1. The number of halogens is 3. The molecule has 0 bridgehead atoms. The summed E-state index contributed by atoms with van der Waals surface area (Å²) >= 11 is 2.08. The molecule has 0 aliphatic carbocycles. The predicted molar refractivity (Wildman–Crippen MR) is 66.6 cm³/mol. The number of aromatic nitrogens is 1. The van der Waals surface area contributed by atoms with Gasteiger partial charge in [-0.15, -0.1) is 0 Å². The highest BCUT2D eigenvalue weighted by Crippen LogP contribution is 2.28. The van der Waals surface area contributed by atoms with Gasteiger partial charge in [0.1, 0.15) is 0 Å². The minimum atomic E-state index is -2.99. The number of rotatable bonds is 3. The van der Waals surface area contributed by atoms with Crippen LogP contribution in [0.2, 0.25) is 0 Å². The number of aromatic carboxylic acids is 1. The second kappa shape index (κ2) is 5.01. The van der Waals surface area contributed by atoms with E-state index in [0.717, 1.165) is 3.57 Å². The Kier molecular flexibility index (Phi) is 3.60. The number of carboxylic acids is 1. The number of alkyl halides is 2. The molecule has 0 radical (unpaired) electrons. The topological polar surface area (TPSA) is 63.3 Å². The van der Waals surface area contributed by atoms with Crippen molar-refractivity contribution in [3.05, 3.63) is 39.3 Å². The lowest BCUT2D eigenvalue weighted by Crippen LogP contribution is -1.99. The molecular weight excluding hydrogens is 359 g/mol. The Morgan fingerprint density at radius 1 is 1.33 bits per heavy atom. The summed E-state index contributed by atoms with van der Waals surface area (Å²) in [6.07, 6.45) is -2.99. The maximum absolute atomic E-state index is 12.6. The summed E-state index contributed by atoms with van der Waals surface area (Å²) in [7, 11) is 0. The van der Waals surface area contributed by atoms with E-state index in [2.05, 4.69) is 27.6 Å². The van der Waals surface area contributed by atoms with Gasteiger partial charge >= 0.3 is 5.97 Å². The summed E-state index contributed by atoms with van der Waals surface area (Å²) in [6, 6.07) is 6.72. The van der Waals surface area contributed by atoms with Crippen molar-refractivity contribution < 1.29 is 23.1 Å². The number of carboxylic acid groups (broad SMARTS) is 1. The third-order valence-electron chi connectivity index (χ3n) is 2.15. The lowest BCUT2D eigenvalue weighted by atomic mass is 10.2. The van der Waals surface area contributed by atoms with Gasteiger partial charge in [-0.1, -0.05) is 0 Å². The van der Waals surface area contributed by atoms with Gasteiger partial charge in [-0.3, -0.25) is 0 Å². The molecule has 0 aliphatic heterocycles. The maximum Gasteiger partial charge on any atom is 0.374 e. The minimum absolute atomic E-state index is 0.126. The average molecular weight is 365 g/mol. The quantitative estimate of drug-likeness (QED) is 0.845. The van der Waals surface area contributed by atoms with Crippen LogP contribution in [0.3, 0.4) is 0 Å². The van der Waals surface area contributed by atoms with E-state index < -0.39 is 23.8 Å². The fraction of sp³-hybridized carbons (Fsp3) is 0.0909. The zero-order chi connectivity index (χ0) is 13.3. The number of hydrogen-bond donors (Lipinski definition) is 1. The Balaban J connectivity index is 2.49. The van der Waals surface area contributed by atoms with Crippen LogP contribution in [0, 0.1) is 3.57 Å². The van der Waals surface area contributed by atoms with Gasteiger partial charge in [-0.05, 0) is 46.9 Å². The molecule has 0 unspecified atom stereocenters. The van der Waals surface area contributed by atoms with Crippen molar-refractivity contribution in [3.63, 3.8) is 0 Å². The Morgan fingerprint density at radius 2 is 1.94 bits per heavy atom. The van der Waals surface area contributed by atoms with Crippen LogP contribution in [0.25, 0.3) is 11.5 Å². The first-order chi connectivity index (χ1) is 8.49. The van der Waals surface area contributed by atoms with Crippen LogP contribution in [0.5, 0.6) is 0 Å². The van der Waals surface area contributed by atoms with Crippen LogP contribution >= 0.6 is 22.6 Å². The van der Waals surface area contributed by atoms with Crippen LogP contribution in [0.15, 0.2) is 28.7 Å². The molecule has 94 valence electrons. The maximum atomic E-state index is 12.6. The van der Waals surface area contributed by atoms with Gasteiger partial charge in [0.05, 0.1) is 0 Å². The molecule has 0 amide bonds.